The van der Waals surface area contributed by atoms with Crippen LogP contribution in [0.15, 0.2) is 24.5 Å². The largest absolute Gasteiger partial charge is 0.383 e. The average molecular weight is 244 g/mol. The third kappa shape index (κ3) is 2.05. The molecule has 0 fully saturated rings. The standard InChI is InChI=1S/C13H13FN4/c1-2-5-18-8-17-12(13(18)16)9-3-4-11(14)10(6-9)7-15/h3-4,6,8H,2,5,16H2,1H3. The second-order valence-electron chi connectivity index (χ2n) is 3.98. The number of nitrogens with zero attached hydrogens (tertiary/aromatic N) is 3. The van der Waals surface area contributed by atoms with Crippen LogP contribution in [0.25, 0.3) is 11.3 Å². The summed E-state index contributed by atoms with van der Waals surface area (Å²) in [5.74, 6) is 0.000148. The normalized spacial score (nSPS) is 10.3. The minimum atomic E-state index is -0.534. The summed E-state index contributed by atoms with van der Waals surface area (Å²) >= 11 is 0. The van der Waals surface area contributed by atoms with Gasteiger partial charge in [0.1, 0.15) is 23.4 Å². The number of hydrogen-bond donors (Lipinski definition) is 1. The number of halogens is 1. The van der Waals surface area contributed by atoms with Gasteiger partial charge >= 0.3 is 0 Å². The average Bonchev–Trinajstić information content (AvgIpc) is 2.73. The zero-order valence-corrected chi connectivity index (χ0v) is 10.0. The van der Waals surface area contributed by atoms with Crippen LogP contribution in [0.5, 0.6) is 0 Å². The van der Waals surface area contributed by atoms with E-state index in [0.717, 1.165) is 13.0 Å². The summed E-state index contributed by atoms with van der Waals surface area (Å²) in [5, 5.41) is 8.80. The Hall–Kier alpha value is -2.35. The molecule has 0 aliphatic carbocycles. The second-order valence-corrected chi connectivity index (χ2v) is 3.98. The van der Waals surface area contributed by atoms with Crippen LogP contribution in [0.3, 0.4) is 0 Å². The van der Waals surface area contributed by atoms with Crippen molar-refractivity contribution in [2.24, 2.45) is 0 Å². The smallest absolute Gasteiger partial charge is 0.140 e. The van der Waals surface area contributed by atoms with Gasteiger partial charge in [0.15, 0.2) is 0 Å². The van der Waals surface area contributed by atoms with Gasteiger partial charge in [-0.1, -0.05) is 6.92 Å². The van der Waals surface area contributed by atoms with E-state index in [4.69, 9.17) is 11.0 Å². The lowest BCUT2D eigenvalue weighted by atomic mass is 10.1. The van der Waals surface area contributed by atoms with E-state index in [2.05, 4.69) is 4.98 Å². The van der Waals surface area contributed by atoms with E-state index in [0.29, 0.717) is 17.1 Å². The van der Waals surface area contributed by atoms with E-state index < -0.39 is 5.82 Å². The molecule has 18 heavy (non-hydrogen) atoms. The number of nitrogens with two attached hydrogens (primary N) is 1. The number of anilines is 1. The fourth-order valence-electron chi connectivity index (χ4n) is 1.79. The second kappa shape index (κ2) is 4.88. The molecule has 5 heteroatoms. The van der Waals surface area contributed by atoms with Crippen LogP contribution < -0.4 is 5.73 Å². The number of rotatable bonds is 3. The summed E-state index contributed by atoms with van der Waals surface area (Å²) in [7, 11) is 0. The molecule has 0 unspecified atom stereocenters. The first-order chi connectivity index (χ1) is 8.67. The van der Waals surface area contributed by atoms with Crippen LogP contribution in [-0.2, 0) is 6.54 Å². The molecule has 0 aliphatic rings. The summed E-state index contributed by atoms with van der Waals surface area (Å²) in [6, 6.07) is 6.10. The minimum Gasteiger partial charge on any atom is -0.383 e. The predicted octanol–water partition coefficient (Wildman–Crippen LogP) is 2.55. The summed E-state index contributed by atoms with van der Waals surface area (Å²) in [5.41, 5.74) is 7.21. The highest BCUT2D eigenvalue weighted by molar-refractivity contribution is 5.71. The van der Waals surface area contributed by atoms with Crippen molar-refractivity contribution in [2.75, 3.05) is 5.73 Å². The Bertz CT molecular complexity index is 610. The Morgan fingerprint density at radius 2 is 2.28 bits per heavy atom. The zero-order chi connectivity index (χ0) is 13.1. The predicted molar refractivity (Wildman–Crippen MR) is 67.0 cm³/mol. The number of nitriles is 1. The van der Waals surface area contributed by atoms with E-state index in [-0.39, 0.29) is 5.56 Å². The maximum absolute atomic E-state index is 13.2. The molecule has 0 spiro atoms. The molecule has 0 saturated heterocycles. The fourth-order valence-corrected chi connectivity index (χ4v) is 1.79. The van der Waals surface area contributed by atoms with Crippen molar-refractivity contribution in [3.63, 3.8) is 0 Å². The molecular formula is C13H13FN4. The SMILES string of the molecule is CCCn1cnc(-c2ccc(F)c(C#N)c2)c1N. The van der Waals surface area contributed by atoms with E-state index in [9.17, 15) is 4.39 Å². The van der Waals surface area contributed by atoms with Gasteiger partial charge < -0.3 is 10.3 Å². The van der Waals surface area contributed by atoms with Crippen LogP contribution in [0.1, 0.15) is 18.9 Å². The number of benzene rings is 1. The highest BCUT2D eigenvalue weighted by atomic mass is 19.1. The Morgan fingerprint density at radius 3 is 2.94 bits per heavy atom. The van der Waals surface area contributed by atoms with Gasteiger partial charge in [0.25, 0.3) is 0 Å². The van der Waals surface area contributed by atoms with Crippen LogP contribution in [-0.4, -0.2) is 9.55 Å². The Balaban J connectivity index is 2.46. The van der Waals surface area contributed by atoms with Crippen molar-refractivity contribution in [2.45, 2.75) is 19.9 Å². The molecule has 4 nitrogen and oxygen atoms in total. The van der Waals surface area contributed by atoms with Crippen LogP contribution in [0.2, 0.25) is 0 Å². The van der Waals surface area contributed by atoms with Crippen molar-refractivity contribution in [3.05, 3.63) is 35.9 Å². The first kappa shape index (κ1) is 12.1. The zero-order valence-electron chi connectivity index (χ0n) is 10.0. The van der Waals surface area contributed by atoms with Gasteiger partial charge in [0, 0.05) is 12.1 Å². The summed E-state index contributed by atoms with van der Waals surface area (Å²) in [6.07, 6.45) is 2.61. The van der Waals surface area contributed by atoms with E-state index in [1.165, 1.54) is 12.1 Å². The molecule has 1 aromatic heterocycles. The highest BCUT2D eigenvalue weighted by Crippen LogP contribution is 2.26. The topological polar surface area (TPSA) is 67.6 Å². The monoisotopic (exact) mass is 244 g/mol. The number of nitrogen functional groups attached to an aromatic ring is 1. The molecule has 1 heterocycles. The summed E-state index contributed by atoms with van der Waals surface area (Å²) < 4.78 is 15.1. The molecule has 0 radical (unpaired) electrons. The molecule has 0 bridgehead atoms. The van der Waals surface area contributed by atoms with E-state index in [1.807, 2.05) is 11.5 Å². The molecule has 2 rings (SSSR count). The lowest BCUT2D eigenvalue weighted by molar-refractivity contribution is 0.624. The molecule has 0 amide bonds. The number of aryl methyl sites for hydroxylation is 1. The number of hydrogen-bond acceptors (Lipinski definition) is 3. The van der Waals surface area contributed by atoms with Crippen LogP contribution in [0.4, 0.5) is 10.2 Å². The van der Waals surface area contributed by atoms with E-state index in [1.54, 1.807) is 18.5 Å². The van der Waals surface area contributed by atoms with Crippen molar-refractivity contribution < 1.29 is 4.39 Å². The van der Waals surface area contributed by atoms with Gasteiger partial charge in [-0.3, -0.25) is 0 Å². The highest BCUT2D eigenvalue weighted by Gasteiger charge is 2.11. The first-order valence-corrected chi connectivity index (χ1v) is 5.68. The Labute approximate surface area is 104 Å². The van der Waals surface area contributed by atoms with Crippen molar-refractivity contribution in [1.82, 2.24) is 9.55 Å². The van der Waals surface area contributed by atoms with Gasteiger partial charge in [-0.05, 0) is 24.6 Å². The molecule has 0 aliphatic heterocycles. The summed E-state index contributed by atoms with van der Waals surface area (Å²) in [6.45, 7) is 2.83. The lowest BCUT2D eigenvalue weighted by Crippen LogP contribution is -2.01. The molecule has 92 valence electrons. The van der Waals surface area contributed by atoms with Gasteiger partial charge in [-0.15, -0.1) is 0 Å². The number of imidazole rings is 1. The maximum atomic E-state index is 13.2. The van der Waals surface area contributed by atoms with Crippen LogP contribution in [0, 0.1) is 17.1 Å². The molecule has 0 atom stereocenters. The van der Waals surface area contributed by atoms with Gasteiger partial charge in [-0.25, -0.2) is 9.37 Å². The van der Waals surface area contributed by atoms with Gasteiger partial charge in [-0.2, -0.15) is 5.26 Å². The number of aromatic nitrogens is 2. The molecule has 2 N–H and O–H groups in total. The van der Waals surface area contributed by atoms with E-state index >= 15 is 0 Å². The van der Waals surface area contributed by atoms with Crippen LogP contribution >= 0.6 is 0 Å². The van der Waals surface area contributed by atoms with Crippen molar-refractivity contribution >= 4 is 5.82 Å². The lowest BCUT2D eigenvalue weighted by Gasteiger charge is -2.04. The molecular weight excluding hydrogens is 231 g/mol. The molecule has 0 saturated carbocycles. The third-order valence-corrected chi connectivity index (χ3v) is 2.70. The molecule has 1 aromatic carbocycles. The minimum absolute atomic E-state index is 0.00283. The third-order valence-electron chi connectivity index (χ3n) is 2.70. The Morgan fingerprint density at radius 1 is 1.50 bits per heavy atom. The fraction of sp³-hybridized carbons (Fsp3) is 0.231. The Kier molecular flexibility index (Phi) is 3.28. The van der Waals surface area contributed by atoms with Gasteiger partial charge in [0.2, 0.25) is 0 Å². The first-order valence-electron chi connectivity index (χ1n) is 5.68. The molecule has 2 aromatic rings. The van der Waals surface area contributed by atoms with Crippen molar-refractivity contribution in [1.29, 1.82) is 5.26 Å². The van der Waals surface area contributed by atoms with Crippen molar-refractivity contribution in [3.8, 4) is 17.3 Å². The quantitative estimate of drug-likeness (QED) is 0.902. The summed E-state index contributed by atoms with van der Waals surface area (Å²) in [4.78, 5) is 4.22. The van der Waals surface area contributed by atoms with Gasteiger partial charge in [0.05, 0.1) is 11.9 Å². The maximum Gasteiger partial charge on any atom is 0.140 e.